The minimum atomic E-state index is 0.00267. The molecule has 3 nitrogen and oxygen atoms in total. The van der Waals surface area contributed by atoms with Gasteiger partial charge < -0.3 is 9.47 Å². The Morgan fingerprint density at radius 1 is 1.11 bits per heavy atom. The zero-order valence-corrected chi connectivity index (χ0v) is 16.6. The van der Waals surface area contributed by atoms with E-state index in [0.717, 1.165) is 32.4 Å². The molecule has 0 aliphatic rings. The number of carbonyl (C=O) groups is 1. The lowest BCUT2D eigenvalue weighted by atomic mass is 10.1. The third-order valence-electron chi connectivity index (χ3n) is 3.92. The molecule has 0 aliphatic carbocycles. The Kier molecular flexibility index (Phi) is 6.32. The first-order valence-corrected chi connectivity index (χ1v) is 9.59. The first-order valence-electron chi connectivity index (χ1n) is 8.39. The van der Waals surface area contributed by atoms with Gasteiger partial charge in [0.25, 0.3) is 0 Å². The second-order valence-corrected chi connectivity index (χ2v) is 7.65. The summed E-state index contributed by atoms with van der Waals surface area (Å²) in [5.41, 5.74) is 1.81. The van der Waals surface area contributed by atoms with Gasteiger partial charge in [-0.3, -0.25) is 4.79 Å². The highest BCUT2D eigenvalue weighted by atomic mass is 35.5. The van der Waals surface area contributed by atoms with E-state index < -0.39 is 0 Å². The molecule has 138 valence electrons. The Morgan fingerprint density at radius 3 is 2.56 bits per heavy atom. The van der Waals surface area contributed by atoms with E-state index >= 15 is 0 Å². The van der Waals surface area contributed by atoms with Gasteiger partial charge in [-0.15, -0.1) is 11.3 Å². The number of hydrogen-bond acceptors (Lipinski definition) is 4. The molecule has 27 heavy (non-hydrogen) atoms. The molecule has 2 aromatic carbocycles. The molecule has 0 N–H and O–H groups in total. The molecule has 0 unspecified atom stereocenters. The fourth-order valence-electron chi connectivity index (χ4n) is 2.53. The molecule has 0 atom stereocenters. The number of methoxy groups -OCH3 is 1. The van der Waals surface area contributed by atoms with Gasteiger partial charge in [-0.1, -0.05) is 23.7 Å². The van der Waals surface area contributed by atoms with Gasteiger partial charge in [0, 0.05) is 15.5 Å². The summed E-state index contributed by atoms with van der Waals surface area (Å²) in [7, 11) is 1.62. The van der Waals surface area contributed by atoms with Crippen molar-refractivity contribution in [2.24, 2.45) is 0 Å². The minimum Gasteiger partial charge on any atom is -0.496 e. The van der Waals surface area contributed by atoms with Crippen molar-refractivity contribution in [1.82, 2.24) is 0 Å². The Labute approximate surface area is 167 Å². The average Bonchev–Trinajstić information content (AvgIpc) is 3.12. The number of allylic oxidation sites excluding steroid dienone is 1. The van der Waals surface area contributed by atoms with Crippen LogP contribution in [-0.4, -0.2) is 12.9 Å². The van der Waals surface area contributed by atoms with E-state index in [1.54, 1.807) is 25.3 Å². The van der Waals surface area contributed by atoms with Gasteiger partial charge in [0.1, 0.15) is 18.1 Å². The second-order valence-electron chi connectivity index (χ2n) is 5.92. The third kappa shape index (κ3) is 5.22. The molecule has 3 aromatic rings. The summed E-state index contributed by atoms with van der Waals surface area (Å²) in [6.45, 7) is 2.34. The van der Waals surface area contributed by atoms with Gasteiger partial charge in [0.2, 0.25) is 0 Å². The van der Waals surface area contributed by atoms with Crippen LogP contribution in [0.4, 0.5) is 0 Å². The number of thiophene rings is 1. The van der Waals surface area contributed by atoms with Gasteiger partial charge in [-0.25, -0.2) is 0 Å². The molecule has 0 aliphatic heterocycles. The molecule has 1 heterocycles. The number of rotatable bonds is 7. The van der Waals surface area contributed by atoms with Crippen LogP contribution in [0, 0.1) is 6.92 Å². The minimum absolute atomic E-state index is 0.00267. The van der Waals surface area contributed by atoms with Crippen molar-refractivity contribution in [2.75, 3.05) is 7.11 Å². The molecule has 0 spiro atoms. The smallest absolute Gasteiger partial charge is 0.195 e. The molecule has 0 saturated carbocycles. The first kappa shape index (κ1) is 19.2. The van der Waals surface area contributed by atoms with Crippen LogP contribution in [-0.2, 0) is 6.61 Å². The molecule has 0 bridgehead atoms. The lowest BCUT2D eigenvalue weighted by Crippen LogP contribution is -1.99. The van der Waals surface area contributed by atoms with Crippen LogP contribution < -0.4 is 9.47 Å². The van der Waals surface area contributed by atoms with Gasteiger partial charge in [-0.05, 0) is 67.1 Å². The summed E-state index contributed by atoms with van der Waals surface area (Å²) >= 11 is 7.39. The lowest BCUT2D eigenvalue weighted by Gasteiger charge is -2.11. The SMILES string of the molecule is COc1ccc(/C=C/C(=O)c2ccc(C)s2)cc1COc1ccc(Cl)cc1. The summed E-state index contributed by atoms with van der Waals surface area (Å²) in [5, 5.41) is 0.665. The second kappa shape index (κ2) is 8.89. The predicted octanol–water partition coefficient (Wildman–Crippen LogP) is 6.19. The Morgan fingerprint density at radius 2 is 1.89 bits per heavy atom. The van der Waals surface area contributed by atoms with Crippen molar-refractivity contribution < 1.29 is 14.3 Å². The van der Waals surface area contributed by atoms with Crippen LogP contribution >= 0.6 is 22.9 Å². The number of benzene rings is 2. The Hall–Kier alpha value is -2.56. The molecule has 5 heteroatoms. The maximum absolute atomic E-state index is 12.2. The van der Waals surface area contributed by atoms with Crippen LogP contribution in [0.5, 0.6) is 11.5 Å². The number of carbonyl (C=O) groups excluding carboxylic acids is 1. The molecule has 3 rings (SSSR count). The number of ether oxygens (including phenoxy) is 2. The van der Waals surface area contributed by atoms with Crippen LogP contribution in [0.2, 0.25) is 5.02 Å². The van der Waals surface area contributed by atoms with Crippen LogP contribution in [0.25, 0.3) is 6.08 Å². The van der Waals surface area contributed by atoms with E-state index in [4.69, 9.17) is 21.1 Å². The first-order chi connectivity index (χ1) is 13.0. The largest absolute Gasteiger partial charge is 0.496 e. The summed E-state index contributed by atoms with van der Waals surface area (Å²) in [5.74, 6) is 1.47. The quantitative estimate of drug-likeness (QED) is 0.351. The fraction of sp³-hybridized carbons (Fsp3) is 0.136. The highest BCUT2D eigenvalue weighted by Gasteiger charge is 2.07. The van der Waals surface area contributed by atoms with Crippen molar-refractivity contribution >= 4 is 34.8 Å². The average molecular weight is 399 g/mol. The van der Waals surface area contributed by atoms with Crippen LogP contribution in [0.15, 0.2) is 60.7 Å². The van der Waals surface area contributed by atoms with Crippen molar-refractivity contribution in [2.45, 2.75) is 13.5 Å². The Bertz CT molecular complexity index is 958. The van der Waals surface area contributed by atoms with E-state index in [2.05, 4.69) is 0 Å². The maximum Gasteiger partial charge on any atom is 0.195 e. The summed E-state index contributed by atoms with van der Waals surface area (Å²) in [6.07, 6.45) is 3.40. The number of halogens is 1. The lowest BCUT2D eigenvalue weighted by molar-refractivity contribution is 0.105. The van der Waals surface area contributed by atoms with E-state index in [1.165, 1.54) is 11.3 Å². The number of hydrogen-bond donors (Lipinski definition) is 0. The monoisotopic (exact) mass is 398 g/mol. The van der Waals surface area contributed by atoms with Crippen molar-refractivity contribution in [3.05, 3.63) is 86.6 Å². The molecule has 0 radical (unpaired) electrons. The molecule has 0 amide bonds. The predicted molar refractivity (Wildman–Crippen MR) is 111 cm³/mol. The summed E-state index contributed by atoms with van der Waals surface area (Å²) < 4.78 is 11.2. The summed E-state index contributed by atoms with van der Waals surface area (Å²) in [6, 6.07) is 16.8. The van der Waals surface area contributed by atoms with E-state index in [-0.39, 0.29) is 5.78 Å². The van der Waals surface area contributed by atoms with Crippen molar-refractivity contribution in [3.63, 3.8) is 0 Å². The van der Waals surface area contributed by atoms with Crippen LogP contribution in [0.1, 0.15) is 25.7 Å². The highest BCUT2D eigenvalue weighted by Crippen LogP contribution is 2.24. The Balaban J connectivity index is 1.73. The van der Waals surface area contributed by atoms with Gasteiger partial charge >= 0.3 is 0 Å². The van der Waals surface area contributed by atoms with E-state index in [9.17, 15) is 4.79 Å². The molecular weight excluding hydrogens is 380 g/mol. The normalized spacial score (nSPS) is 10.9. The summed E-state index contributed by atoms with van der Waals surface area (Å²) in [4.78, 5) is 14.1. The highest BCUT2D eigenvalue weighted by molar-refractivity contribution is 7.14. The zero-order valence-electron chi connectivity index (χ0n) is 15.1. The number of ketones is 1. The van der Waals surface area contributed by atoms with Crippen molar-refractivity contribution in [3.8, 4) is 11.5 Å². The standard InChI is InChI=1S/C22H19ClO3S/c1-15-3-12-22(27-15)20(24)10-4-16-5-11-21(25-2)17(13-16)14-26-19-8-6-18(23)7-9-19/h3-13H,14H2,1-2H3/b10-4+. The van der Waals surface area contributed by atoms with Gasteiger partial charge in [0.15, 0.2) is 5.78 Å². The van der Waals surface area contributed by atoms with Crippen LogP contribution in [0.3, 0.4) is 0 Å². The maximum atomic E-state index is 12.2. The molecule has 1 aromatic heterocycles. The third-order valence-corrected chi connectivity index (χ3v) is 5.19. The number of aryl methyl sites for hydroxylation is 1. The van der Waals surface area contributed by atoms with Crippen molar-refractivity contribution in [1.29, 1.82) is 0 Å². The molecule has 0 fully saturated rings. The fourth-order valence-corrected chi connectivity index (χ4v) is 3.44. The van der Waals surface area contributed by atoms with Gasteiger partial charge in [-0.2, -0.15) is 0 Å². The molecule has 0 saturated heterocycles. The topological polar surface area (TPSA) is 35.5 Å². The molecular formula is C22H19ClO3S. The van der Waals surface area contributed by atoms with E-state index in [1.807, 2.05) is 55.5 Å². The van der Waals surface area contributed by atoms with E-state index in [0.29, 0.717) is 11.6 Å². The van der Waals surface area contributed by atoms with Gasteiger partial charge in [0.05, 0.1) is 12.0 Å². The zero-order chi connectivity index (χ0) is 19.2.